The molecule has 1 aromatic heterocycles. The molecule has 0 saturated heterocycles. The lowest BCUT2D eigenvalue weighted by atomic mass is 10.2. The summed E-state index contributed by atoms with van der Waals surface area (Å²) in [5, 5.41) is 3.35. The molecule has 1 aromatic rings. The molecule has 78 valence electrons. The van der Waals surface area contributed by atoms with E-state index in [2.05, 4.69) is 15.0 Å². The number of carbonyl (C=O) groups is 1. The van der Waals surface area contributed by atoms with Crippen molar-refractivity contribution in [1.82, 2.24) is 4.98 Å². The van der Waals surface area contributed by atoms with E-state index in [9.17, 15) is 4.79 Å². The summed E-state index contributed by atoms with van der Waals surface area (Å²) in [4.78, 5) is 17.9. The molecular formula is C9H10N4O2. The number of hydrogen-bond donors (Lipinski definition) is 0. The van der Waals surface area contributed by atoms with Gasteiger partial charge in [0.2, 0.25) is 0 Å². The second kappa shape index (κ2) is 5.62. The number of azide groups is 1. The fourth-order valence-electron chi connectivity index (χ4n) is 1.01. The van der Waals surface area contributed by atoms with E-state index in [1.165, 1.54) is 6.20 Å². The summed E-state index contributed by atoms with van der Waals surface area (Å²) in [5.74, 6) is -0.401. The van der Waals surface area contributed by atoms with Crippen molar-refractivity contribution in [2.75, 3.05) is 6.61 Å². The number of carbonyl (C=O) groups excluding carboxylic acids is 1. The van der Waals surface area contributed by atoms with Crippen LogP contribution in [0.3, 0.4) is 0 Å². The first kappa shape index (κ1) is 11.0. The van der Waals surface area contributed by atoms with Gasteiger partial charge in [-0.05, 0) is 24.6 Å². The lowest BCUT2D eigenvalue weighted by Gasteiger charge is -2.02. The molecule has 6 nitrogen and oxygen atoms in total. The van der Waals surface area contributed by atoms with Crippen LogP contribution < -0.4 is 0 Å². The van der Waals surface area contributed by atoms with Crippen LogP contribution in [0.1, 0.15) is 23.0 Å². The number of hydrogen-bond acceptors (Lipinski definition) is 4. The Morgan fingerprint density at radius 3 is 3.20 bits per heavy atom. The zero-order chi connectivity index (χ0) is 11.1. The Labute approximate surface area is 86.5 Å². The SMILES string of the molecule is CCOC(=O)c1ccnc(CN=[N+]=[N-])c1. The number of pyridine rings is 1. The van der Waals surface area contributed by atoms with Gasteiger partial charge in [-0.2, -0.15) is 0 Å². The van der Waals surface area contributed by atoms with Gasteiger partial charge in [0.25, 0.3) is 0 Å². The van der Waals surface area contributed by atoms with Gasteiger partial charge in [0, 0.05) is 16.8 Å². The number of aromatic nitrogens is 1. The average molecular weight is 206 g/mol. The van der Waals surface area contributed by atoms with Crippen LogP contribution in [0.15, 0.2) is 23.4 Å². The van der Waals surface area contributed by atoms with Crippen molar-refractivity contribution in [3.05, 3.63) is 40.0 Å². The van der Waals surface area contributed by atoms with Gasteiger partial charge >= 0.3 is 5.97 Å². The molecular weight excluding hydrogens is 196 g/mol. The molecule has 1 heterocycles. The summed E-state index contributed by atoms with van der Waals surface area (Å²) >= 11 is 0. The van der Waals surface area contributed by atoms with Crippen molar-refractivity contribution >= 4 is 5.97 Å². The van der Waals surface area contributed by atoms with E-state index in [-0.39, 0.29) is 6.54 Å². The molecule has 0 atom stereocenters. The predicted molar refractivity (Wildman–Crippen MR) is 53.0 cm³/mol. The monoisotopic (exact) mass is 206 g/mol. The van der Waals surface area contributed by atoms with Crippen molar-refractivity contribution in [2.45, 2.75) is 13.5 Å². The largest absolute Gasteiger partial charge is 0.462 e. The number of ether oxygens (including phenoxy) is 1. The summed E-state index contributed by atoms with van der Waals surface area (Å²) in [6, 6.07) is 3.10. The van der Waals surface area contributed by atoms with Crippen molar-refractivity contribution < 1.29 is 9.53 Å². The molecule has 0 unspecified atom stereocenters. The van der Waals surface area contributed by atoms with E-state index in [4.69, 9.17) is 10.3 Å². The highest BCUT2D eigenvalue weighted by Crippen LogP contribution is 2.05. The second-order valence-electron chi connectivity index (χ2n) is 2.65. The minimum Gasteiger partial charge on any atom is -0.462 e. The highest BCUT2D eigenvalue weighted by molar-refractivity contribution is 5.89. The first-order chi connectivity index (χ1) is 7.27. The van der Waals surface area contributed by atoms with Crippen LogP contribution in [0.5, 0.6) is 0 Å². The van der Waals surface area contributed by atoms with Crippen LogP contribution >= 0.6 is 0 Å². The van der Waals surface area contributed by atoms with E-state index in [0.717, 1.165) is 0 Å². The van der Waals surface area contributed by atoms with Crippen LogP contribution in [0.4, 0.5) is 0 Å². The minimum atomic E-state index is -0.401. The summed E-state index contributed by atoms with van der Waals surface area (Å²) < 4.78 is 4.82. The van der Waals surface area contributed by atoms with Gasteiger partial charge in [-0.3, -0.25) is 4.98 Å². The standard InChI is InChI=1S/C9H10N4O2/c1-2-15-9(14)7-3-4-11-8(5-7)6-12-13-10/h3-5H,2,6H2,1H3. The van der Waals surface area contributed by atoms with Crippen LogP contribution in [0.2, 0.25) is 0 Å². The first-order valence-electron chi connectivity index (χ1n) is 4.40. The summed E-state index contributed by atoms with van der Waals surface area (Å²) in [5.41, 5.74) is 9.08. The molecule has 0 bridgehead atoms. The van der Waals surface area contributed by atoms with E-state index >= 15 is 0 Å². The van der Waals surface area contributed by atoms with Gasteiger partial charge in [0.15, 0.2) is 0 Å². The minimum absolute atomic E-state index is 0.129. The van der Waals surface area contributed by atoms with Crippen molar-refractivity contribution in [2.24, 2.45) is 5.11 Å². The Hall–Kier alpha value is -2.07. The Bertz CT molecular complexity index is 399. The fourth-order valence-corrected chi connectivity index (χ4v) is 1.01. The molecule has 0 saturated carbocycles. The van der Waals surface area contributed by atoms with E-state index in [1.807, 2.05) is 0 Å². The second-order valence-corrected chi connectivity index (χ2v) is 2.65. The van der Waals surface area contributed by atoms with Gasteiger partial charge in [0.1, 0.15) is 0 Å². The summed E-state index contributed by atoms with van der Waals surface area (Å²) in [7, 11) is 0. The van der Waals surface area contributed by atoms with Crippen molar-refractivity contribution in [1.29, 1.82) is 0 Å². The zero-order valence-electron chi connectivity index (χ0n) is 8.25. The predicted octanol–water partition coefficient (Wildman–Crippen LogP) is 2.07. The molecule has 0 aliphatic carbocycles. The lowest BCUT2D eigenvalue weighted by molar-refractivity contribution is 0.0526. The van der Waals surface area contributed by atoms with Crippen LogP contribution in [0, 0.1) is 0 Å². The summed E-state index contributed by atoms with van der Waals surface area (Å²) in [6.07, 6.45) is 1.48. The van der Waals surface area contributed by atoms with Crippen molar-refractivity contribution in [3.63, 3.8) is 0 Å². The molecule has 0 N–H and O–H groups in total. The van der Waals surface area contributed by atoms with Crippen molar-refractivity contribution in [3.8, 4) is 0 Å². The van der Waals surface area contributed by atoms with Gasteiger partial charge in [-0.15, -0.1) is 0 Å². The maximum absolute atomic E-state index is 11.3. The molecule has 0 spiro atoms. The van der Waals surface area contributed by atoms with Gasteiger partial charge in [-0.25, -0.2) is 4.79 Å². The van der Waals surface area contributed by atoms with E-state index < -0.39 is 5.97 Å². The molecule has 1 rings (SSSR count). The fraction of sp³-hybridized carbons (Fsp3) is 0.333. The number of rotatable bonds is 4. The number of esters is 1. The highest BCUT2D eigenvalue weighted by Gasteiger charge is 2.06. The Morgan fingerprint density at radius 2 is 2.53 bits per heavy atom. The quantitative estimate of drug-likeness (QED) is 0.327. The van der Waals surface area contributed by atoms with Gasteiger partial charge in [-0.1, -0.05) is 5.11 Å². The first-order valence-corrected chi connectivity index (χ1v) is 4.40. The normalized spacial score (nSPS) is 9.13. The highest BCUT2D eigenvalue weighted by atomic mass is 16.5. The van der Waals surface area contributed by atoms with Crippen LogP contribution in [0.25, 0.3) is 10.4 Å². The Balaban J connectivity index is 2.82. The molecule has 0 aliphatic heterocycles. The molecule has 0 fully saturated rings. The topological polar surface area (TPSA) is 88.0 Å². The lowest BCUT2D eigenvalue weighted by Crippen LogP contribution is -2.05. The Morgan fingerprint density at radius 1 is 1.73 bits per heavy atom. The smallest absolute Gasteiger partial charge is 0.338 e. The molecule has 0 aliphatic rings. The third-order valence-electron chi connectivity index (χ3n) is 1.62. The van der Waals surface area contributed by atoms with Gasteiger partial charge in [0.05, 0.1) is 18.7 Å². The van der Waals surface area contributed by atoms with Crippen LogP contribution in [-0.2, 0) is 11.3 Å². The zero-order valence-corrected chi connectivity index (χ0v) is 8.25. The third-order valence-corrected chi connectivity index (χ3v) is 1.62. The molecule has 0 radical (unpaired) electrons. The van der Waals surface area contributed by atoms with E-state index in [1.54, 1.807) is 19.1 Å². The molecule has 6 heteroatoms. The van der Waals surface area contributed by atoms with Gasteiger partial charge < -0.3 is 4.74 Å². The van der Waals surface area contributed by atoms with Crippen LogP contribution in [-0.4, -0.2) is 17.6 Å². The Kier molecular flexibility index (Phi) is 4.12. The third kappa shape index (κ3) is 3.28. The molecule has 15 heavy (non-hydrogen) atoms. The number of nitrogens with zero attached hydrogens (tertiary/aromatic N) is 4. The molecule has 0 amide bonds. The average Bonchev–Trinajstić information content (AvgIpc) is 2.27. The molecule has 0 aromatic carbocycles. The van der Waals surface area contributed by atoms with E-state index in [0.29, 0.717) is 17.9 Å². The maximum atomic E-state index is 11.3. The summed E-state index contributed by atoms with van der Waals surface area (Å²) in [6.45, 7) is 2.19. The maximum Gasteiger partial charge on any atom is 0.338 e.